The summed E-state index contributed by atoms with van der Waals surface area (Å²) in [6.45, 7) is 4.70. The molecule has 2 aliphatic carbocycles. The zero-order valence-electron chi connectivity index (χ0n) is 16.1. The summed E-state index contributed by atoms with van der Waals surface area (Å²) in [6.07, 6.45) is 4.64. The van der Waals surface area contributed by atoms with Gasteiger partial charge in [0.2, 0.25) is 0 Å². The third kappa shape index (κ3) is 3.37. The van der Waals surface area contributed by atoms with Crippen molar-refractivity contribution in [2.24, 2.45) is 5.41 Å². The minimum absolute atomic E-state index is 0. The van der Waals surface area contributed by atoms with Crippen LogP contribution in [0.25, 0.3) is 22.8 Å². The summed E-state index contributed by atoms with van der Waals surface area (Å²) in [4.78, 5) is 0. The second-order valence-electron chi connectivity index (χ2n) is 7.54. The fourth-order valence-electron chi connectivity index (χ4n) is 4.70. The van der Waals surface area contributed by atoms with Gasteiger partial charge in [0.05, 0.1) is 0 Å². The van der Waals surface area contributed by atoms with Gasteiger partial charge in [0.15, 0.2) is 0 Å². The van der Waals surface area contributed by atoms with E-state index in [1.54, 1.807) is 0 Å². The van der Waals surface area contributed by atoms with E-state index >= 15 is 0 Å². The Hall–Kier alpha value is -1.14. The summed E-state index contributed by atoms with van der Waals surface area (Å²) in [5.74, 6) is 0. The molecule has 1 unspecified atom stereocenters. The van der Waals surface area contributed by atoms with E-state index in [1.165, 1.54) is 43.8 Å². The van der Waals surface area contributed by atoms with Crippen molar-refractivity contribution in [1.82, 2.24) is 0 Å². The second-order valence-corrected chi connectivity index (χ2v) is 7.54. The molecule has 0 amide bonds. The van der Waals surface area contributed by atoms with E-state index in [1.807, 2.05) is 0 Å². The van der Waals surface area contributed by atoms with Gasteiger partial charge in [0.25, 0.3) is 0 Å². The first-order valence-electron chi connectivity index (χ1n) is 9.24. The molecule has 0 aliphatic heterocycles. The Bertz CT molecular complexity index is 1130. The minimum Gasteiger partial charge on any atom is -1.00 e. The Morgan fingerprint density at radius 1 is 0.786 bits per heavy atom. The third-order valence-corrected chi connectivity index (χ3v) is 6.13. The smallest absolute Gasteiger partial charge is 1.00 e. The number of hydrogen-bond acceptors (Lipinski definition) is 0. The molecule has 5 rings (SSSR count). The molecule has 0 fully saturated rings. The molecule has 0 heterocycles. The van der Waals surface area contributed by atoms with Crippen LogP contribution in [0.15, 0.2) is 66.7 Å². The maximum atomic E-state index is 2.47. The molecule has 3 aromatic carbocycles. The van der Waals surface area contributed by atoms with Crippen LogP contribution < -0.4 is 35.3 Å². The predicted molar refractivity (Wildman–Crippen MR) is 106 cm³/mol. The summed E-state index contributed by atoms with van der Waals surface area (Å²) < 4.78 is 0. The molecule has 0 aromatic heterocycles. The average Bonchev–Trinajstić information content (AvgIpc) is 3.17. The molecule has 0 saturated heterocycles. The standard InChI is InChI=1S/C25H22.2ClH.Zr/c1-3-25(2)16-18-10-5-7-12-20(18)24(25)22-14-8-13-21-19-11-6-4-9-17(19)15-23(21)22;;;/h4-14,16H,3,15H2,1-2H3;2*1H;/q;;;+2/p-2. The van der Waals surface area contributed by atoms with Gasteiger partial charge in [-0.25, -0.2) is 0 Å². The molecule has 140 valence electrons. The molecule has 2 aliphatic rings. The van der Waals surface area contributed by atoms with Gasteiger partial charge in [-0.1, -0.05) is 86.7 Å². The zero-order valence-corrected chi connectivity index (χ0v) is 20.1. The number of fused-ring (bicyclic) bond motifs is 4. The molecule has 0 radical (unpaired) electrons. The molecular weight excluding hydrogens is 462 g/mol. The van der Waals surface area contributed by atoms with Gasteiger partial charge in [-0.05, 0) is 56.7 Å². The van der Waals surface area contributed by atoms with Crippen LogP contribution in [0.3, 0.4) is 0 Å². The number of benzene rings is 3. The van der Waals surface area contributed by atoms with Crippen molar-refractivity contribution in [2.45, 2.75) is 26.7 Å². The van der Waals surface area contributed by atoms with Crippen molar-refractivity contribution in [3.63, 3.8) is 0 Å². The fourth-order valence-corrected chi connectivity index (χ4v) is 4.70. The first-order valence-corrected chi connectivity index (χ1v) is 9.24. The SMILES string of the molecule is CCC1(C)C=c2ccccc2=C1c1cccc2c1Cc1ccccc1-2.[Cl-].[Cl-].[Zr+2]. The van der Waals surface area contributed by atoms with E-state index in [-0.39, 0.29) is 56.4 Å². The van der Waals surface area contributed by atoms with Crippen molar-refractivity contribution in [1.29, 1.82) is 0 Å². The largest absolute Gasteiger partial charge is 2.00 e. The van der Waals surface area contributed by atoms with E-state index in [0.717, 1.165) is 12.8 Å². The molecule has 0 saturated carbocycles. The third-order valence-electron chi connectivity index (χ3n) is 6.13. The quantitative estimate of drug-likeness (QED) is 0.331. The second kappa shape index (κ2) is 8.70. The topological polar surface area (TPSA) is 0 Å². The predicted octanol–water partition coefficient (Wildman–Crippen LogP) is -1.33. The summed E-state index contributed by atoms with van der Waals surface area (Å²) in [5.41, 5.74) is 8.85. The van der Waals surface area contributed by atoms with Crippen molar-refractivity contribution < 1.29 is 51.0 Å². The molecule has 1 atom stereocenters. The van der Waals surface area contributed by atoms with E-state index in [2.05, 4.69) is 86.7 Å². The average molecular weight is 485 g/mol. The van der Waals surface area contributed by atoms with Gasteiger partial charge in [-0.15, -0.1) is 0 Å². The van der Waals surface area contributed by atoms with Gasteiger partial charge in [0.1, 0.15) is 0 Å². The van der Waals surface area contributed by atoms with Crippen LogP contribution >= 0.6 is 0 Å². The monoisotopic (exact) mass is 482 g/mol. The Morgan fingerprint density at radius 3 is 2.21 bits per heavy atom. The molecule has 0 N–H and O–H groups in total. The van der Waals surface area contributed by atoms with Crippen molar-refractivity contribution in [3.05, 3.63) is 93.9 Å². The molecule has 3 aromatic rings. The first-order chi connectivity index (χ1) is 12.2. The zero-order chi connectivity index (χ0) is 17.0. The molecule has 3 heteroatoms. The van der Waals surface area contributed by atoms with E-state index in [9.17, 15) is 0 Å². The number of rotatable bonds is 2. The van der Waals surface area contributed by atoms with E-state index in [0.29, 0.717) is 0 Å². The Labute approximate surface area is 198 Å². The van der Waals surface area contributed by atoms with Crippen LogP contribution in [-0.4, -0.2) is 0 Å². The van der Waals surface area contributed by atoms with E-state index < -0.39 is 0 Å². The van der Waals surface area contributed by atoms with Crippen molar-refractivity contribution >= 4 is 11.6 Å². The van der Waals surface area contributed by atoms with Crippen molar-refractivity contribution in [2.75, 3.05) is 0 Å². The van der Waals surface area contributed by atoms with Crippen LogP contribution in [-0.2, 0) is 32.6 Å². The first kappa shape index (κ1) is 23.1. The van der Waals surface area contributed by atoms with Gasteiger partial charge < -0.3 is 24.8 Å². The normalized spacial score (nSPS) is 17.9. The minimum atomic E-state index is 0. The maximum absolute atomic E-state index is 2.47. The van der Waals surface area contributed by atoms with Crippen LogP contribution in [0.1, 0.15) is 37.0 Å². The molecule has 0 spiro atoms. The maximum Gasteiger partial charge on any atom is 2.00 e. The van der Waals surface area contributed by atoms with Crippen LogP contribution in [0.2, 0.25) is 0 Å². The number of halogens is 2. The van der Waals surface area contributed by atoms with Crippen LogP contribution in [0.4, 0.5) is 0 Å². The summed E-state index contributed by atoms with van der Waals surface area (Å²) in [5, 5.41) is 2.80. The Morgan fingerprint density at radius 2 is 1.43 bits per heavy atom. The Balaban J connectivity index is 0.000000934. The van der Waals surface area contributed by atoms with Gasteiger partial charge in [-0.2, -0.15) is 0 Å². The van der Waals surface area contributed by atoms with Crippen molar-refractivity contribution in [3.8, 4) is 11.1 Å². The summed E-state index contributed by atoms with van der Waals surface area (Å²) >= 11 is 0. The van der Waals surface area contributed by atoms with Gasteiger partial charge >= 0.3 is 26.2 Å². The molecule has 0 nitrogen and oxygen atoms in total. The fraction of sp³-hybridized carbons (Fsp3) is 0.200. The van der Waals surface area contributed by atoms with E-state index in [4.69, 9.17) is 0 Å². The van der Waals surface area contributed by atoms with Crippen LogP contribution in [0.5, 0.6) is 0 Å². The molecule has 28 heavy (non-hydrogen) atoms. The summed E-state index contributed by atoms with van der Waals surface area (Å²) in [6, 6.07) is 24.6. The molecular formula is C25H22Cl2Zr. The van der Waals surface area contributed by atoms with Gasteiger partial charge in [-0.3, -0.25) is 0 Å². The number of hydrogen-bond donors (Lipinski definition) is 0. The van der Waals surface area contributed by atoms with Crippen LogP contribution in [0, 0.1) is 5.41 Å². The summed E-state index contributed by atoms with van der Waals surface area (Å²) in [7, 11) is 0. The Kier molecular flexibility index (Phi) is 7.19. The van der Waals surface area contributed by atoms with Gasteiger partial charge in [0, 0.05) is 5.41 Å². The molecule has 0 bridgehead atoms.